The van der Waals surface area contributed by atoms with Crippen molar-refractivity contribution in [2.45, 2.75) is 44.1 Å². The van der Waals surface area contributed by atoms with Gasteiger partial charge in [-0.05, 0) is 30.0 Å². The van der Waals surface area contributed by atoms with Gasteiger partial charge in [0.1, 0.15) is 11.3 Å². The standard InChI is InChI=1S/C23H25N3O4/c27-20(25-26-21(28)23(24-22(26)29)13-7-2-8-14-23)16-30-19-12-6-5-11-18(19)15-17-9-3-1-4-10-17/h1,3-6,9-12H,2,7-8,13-16H2,(H,24,29)(H,25,27). The van der Waals surface area contributed by atoms with Crippen LogP contribution in [-0.2, 0) is 16.0 Å². The zero-order chi connectivity index (χ0) is 21.0. The minimum atomic E-state index is -0.869. The molecule has 7 heteroatoms. The predicted octanol–water partition coefficient (Wildman–Crippen LogP) is 2.94. The maximum atomic E-state index is 12.7. The molecule has 30 heavy (non-hydrogen) atoms. The fourth-order valence-corrected chi connectivity index (χ4v) is 4.12. The number of imide groups is 1. The molecule has 4 rings (SSSR count). The Morgan fingerprint density at radius 2 is 1.70 bits per heavy atom. The number of nitrogens with zero attached hydrogens (tertiary/aromatic N) is 1. The molecule has 0 radical (unpaired) electrons. The van der Waals surface area contributed by atoms with Crippen LogP contribution in [0.15, 0.2) is 54.6 Å². The molecule has 1 saturated heterocycles. The van der Waals surface area contributed by atoms with Crippen molar-refractivity contribution in [3.05, 3.63) is 65.7 Å². The van der Waals surface area contributed by atoms with Crippen LogP contribution in [0.3, 0.4) is 0 Å². The molecule has 4 amide bonds. The Hall–Kier alpha value is -3.35. The van der Waals surface area contributed by atoms with Gasteiger partial charge in [0.05, 0.1) is 0 Å². The largest absolute Gasteiger partial charge is 0.483 e. The number of carbonyl (C=O) groups excluding carboxylic acids is 3. The van der Waals surface area contributed by atoms with Crippen LogP contribution >= 0.6 is 0 Å². The number of nitrogens with one attached hydrogen (secondary N) is 2. The molecule has 2 aromatic carbocycles. The summed E-state index contributed by atoms with van der Waals surface area (Å²) in [4.78, 5) is 37.4. The zero-order valence-electron chi connectivity index (χ0n) is 16.7. The van der Waals surface area contributed by atoms with Gasteiger partial charge in [-0.3, -0.25) is 15.0 Å². The van der Waals surface area contributed by atoms with E-state index in [2.05, 4.69) is 10.7 Å². The Kier molecular flexibility index (Phi) is 5.70. The molecule has 1 saturated carbocycles. The first-order chi connectivity index (χ1) is 14.6. The number of rotatable bonds is 6. The third kappa shape index (κ3) is 4.15. The highest BCUT2D eigenvalue weighted by Crippen LogP contribution is 2.33. The van der Waals surface area contributed by atoms with Crippen molar-refractivity contribution in [2.75, 3.05) is 6.61 Å². The van der Waals surface area contributed by atoms with Crippen molar-refractivity contribution in [1.29, 1.82) is 0 Å². The molecular formula is C23H25N3O4. The van der Waals surface area contributed by atoms with Crippen molar-refractivity contribution < 1.29 is 19.1 Å². The van der Waals surface area contributed by atoms with Gasteiger partial charge in [0.15, 0.2) is 6.61 Å². The van der Waals surface area contributed by atoms with Crippen molar-refractivity contribution in [3.8, 4) is 5.75 Å². The summed E-state index contributed by atoms with van der Waals surface area (Å²) in [6.07, 6.45) is 4.70. The Morgan fingerprint density at radius 1 is 1.00 bits per heavy atom. The van der Waals surface area contributed by atoms with Crippen LogP contribution in [0, 0.1) is 0 Å². The molecule has 2 aromatic rings. The minimum absolute atomic E-state index is 0.296. The Morgan fingerprint density at radius 3 is 2.47 bits per heavy atom. The van der Waals surface area contributed by atoms with E-state index in [0.29, 0.717) is 25.0 Å². The van der Waals surface area contributed by atoms with Crippen LogP contribution < -0.4 is 15.5 Å². The van der Waals surface area contributed by atoms with E-state index in [-0.39, 0.29) is 12.5 Å². The quantitative estimate of drug-likeness (QED) is 0.721. The van der Waals surface area contributed by atoms with E-state index in [0.717, 1.165) is 35.4 Å². The van der Waals surface area contributed by atoms with Gasteiger partial charge in [-0.15, -0.1) is 0 Å². The number of ether oxygens (including phenoxy) is 1. The summed E-state index contributed by atoms with van der Waals surface area (Å²) >= 11 is 0. The average Bonchev–Trinajstić information content (AvgIpc) is 2.98. The van der Waals surface area contributed by atoms with Crippen molar-refractivity contribution >= 4 is 17.8 Å². The molecule has 1 spiro atoms. The summed E-state index contributed by atoms with van der Waals surface area (Å²) < 4.78 is 5.71. The second kappa shape index (κ2) is 8.57. The van der Waals surface area contributed by atoms with Crippen LogP contribution in [0.1, 0.15) is 43.2 Å². The number of benzene rings is 2. The minimum Gasteiger partial charge on any atom is -0.483 e. The first-order valence-electron chi connectivity index (χ1n) is 10.3. The Labute approximate surface area is 175 Å². The van der Waals surface area contributed by atoms with E-state index in [1.807, 2.05) is 48.5 Å². The summed E-state index contributed by atoms with van der Waals surface area (Å²) in [5.41, 5.74) is 3.61. The molecule has 0 unspecified atom stereocenters. The van der Waals surface area contributed by atoms with E-state index in [4.69, 9.17) is 4.74 Å². The van der Waals surface area contributed by atoms with E-state index < -0.39 is 17.5 Å². The van der Waals surface area contributed by atoms with Gasteiger partial charge in [-0.1, -0.05) is 67.8 Å². The highest BCUT2D eigenvalue weighted by Gasteiger charge is 2.52. The van der Waals surface area contributed by atoms with Gasteiger partial charge in [0.25, 0.3) is 11.8 Å². The van der Waals surface area contributed by atoms with Crippen LogP contribution in [0.4, 0.5) is 4.79 Å². The Balaban J connectivity index is 1.36. The fourth-order valence-electron chi connectivity index (χ4n) is 4.12. The van der Waals surface area contributed by atoms with Crippen molar-refractivity contribution in [3.63, 3.8) is 0 Å². The van der Waals surface area contributed by atoms with Crippen LogP contribution in [-0.4, -0.2) is 35.0 Å². The maximum Gasteiger partial charge on any atom is 0.344 e. The number of amides is 4. The summed E-state index contributed by atoms with van der Waals surface area (Å²) in [6, 6.07) is 16.9. The molecule has 1 aliphatic carbocycles. The summed E-state index contributed by atoms with van der Waals surface area (Å²) in [7, 11) is 0. The number of carbonyl (C=O) groups is 3. The summed E-state index contributed by atoms with van der Waals surface area (Å²) in [5.74, 6) is -0.344. The molecule has 2 aliphatic rings. The van der Waals surface area contributed by atoms with Gasteiger partial charge in [0, 0.05) is 6.42 Å². The second-order valence-corrected chi connectivity index (χ2v) is 7.81. The van der Waals surface area contributed by atoms with Crippen molar-refractivity contribution in [1.82, 2.24) is 15.8 Å². The van der Waals surface area contributed by atoms with Gasteiger partial charge < -0.3 is 10.1 Å². The van der Waals surface area contributed by atoms with E-state index in [1.165, 1.54) is 0 Å². The molecular weight excluding hydrogens is 382 g/mol. The topological polar surface area (TPSA) is 87.7 Å². The van der Waals surface area contributed by atoms with Crippen LogP contribution in [0.5, 0.6) is 5.75 Å². The number of para-hydroxylation sites is 1. The molecule has 2 N–H and O–H groups in total. The number of urea groups is 1. The number of hydrogen-bond acceptors (Lipinski definition) is 4. The van der Waals surface area contributed by atoms with E-state index in [1.54, 1.807) is 6.07 Å². The predicted molar refractivity (Wildman–Crippen MR) is 111 cm³/mol. The fraction of sp³-hybridized carbons (Fsp3) is 0.348. The number of hydrazine groups is 1. The lowest BCUT2D eigenvalue weighted by Crippen LogP contribution is -2.51. The van der Waals surface area contributed by atoms with Gasteiger partial charge >= 0.3 is 6.03 Å². The third-order valence-corrected chi connectivity index (χ3v) is 5.67. The van der Waals surface area contributed by atoms with Crippen molar-refractivity contribution in [2.24, 2.45) is 0 Å². The molecule has 156 valence electrons. The summed E-state index contributed by atoms with van der Waals surface area (Å²) in [6.45, 7) is -0.296. The first-order valence-corrected chi connectivity index (χ1v) is 10.3. The molecule has 7 nitrogen and oxygen atoms in total. The lowest BCUT2D eigenvalue weighted by Gasteiger charge is -2.30. The van der Waals surface area contributed by atoms with Crippen LogP contribution in [0.25, 0.3) is 0 Å². The molecule has 0 aromatic heterocycles. The van der Waals surface area contributed by atoms with Crippen LogP contribution in [0.2, 0.25) is 0 Å². The molecule has 0 bridgehead atoms. The molecule has 1 heterocycles. The molecule has 0 atom stereocenters. The lowest BCUT2D eigenvalue weighted by atomic mass is 9.82. The average molecular weight is 407 g/mol. The van der Waals surface area contributed by atoms with Gasteiger partial charge in [0.2, 0.25) is 0 Å². The highest BCUT2D eigenvalue weighted by molar-refractivity contribution is 6.08. The third-order valence-electron chi connectivity index (χ3n) is 5.67. The van der Waals surface area contributed by atoms with E-state index in [9.17, 15) is 14.4 Å². The smallest absolute Gasteiger partial charge is 0.344 e. The molecule has 2 fully saturated rings. The first kappa shape index (κ1) is 19.9. The lowest BCUT2D eigenvalue weighted by molar-refractivity contribution is -0.140. The maximum absolute atomic E-state index is 12.7. The highest BCUT2D eigenvalue weighted by atomic mass is 16.5. The van der Waals surface area contributed by atoms with Gasteiger partial charge in [-0.2, -0.15) is 5.01 Å². The zero-order valence-corrected chi connectivity index (χ0v) is 16.7. The molecule has 1 aliphatic heterocycles. The monoisotopic (exact) mass is 407 g/mol. The normalized spacial score (nSPS) is 17.7. The van der Waals surface area contributed by atoms with Gasteiger partial charge in [-0.25, -0.2) is 4.79 Å². The second-order valence-electron chi connectivity index (χ2n) is 7.81. The number of hydrogen-bond donors (Lipinski definition) is 2. The Bertz CT molecular complexity index is 938. The summed E-state index contributed by atoms with van der Waals surface area (Å²) in [5, 5.41) is 3.57. The SMILES string of the molecule is O=C(COc1ccccc1Cc1ccccc1)NN1C(=O)NC2(CCCCC2)C1=O. The van der Waals surface area contributed by atoms with E-state index >= 15 is 0 Å².